The second-order valence-electron chi connectivity index (χ2n) is 4.28. The first-order valence-corrected chi connectivity index (χ1v) is 6.20. The molecule has 0 aromatic heterocycles. The van der Waals surface area contributed by atoms with Crippen LogP contribution in [0.2, 0.25) is 0 Å². The van der Waals surface area contributed by atoms with Gasteiger partial charge in [0.1, 0.15) is 0 Å². The fourth-order valence-electron chi connectivity index (χ4n) is 2.57. The van der Waals surface area contributed by atoms with Crippen molar-refractivity contribution in [2.24, 2.45) is 4.99 Å². The van der Waals surface area contributed by atoms with Crippen molar-refractivity contribution >= 4 is 11.6 Å². The molecule has 0 bridgehead atoms. The zero-order valence-electron chi connectivity index (χ0n) is 10.4. The van der Waals surface area contributed by atoms with E-state index in [4.69, 9.17) is 4.74 Å². The molecule has 1 aliphatic rings. The maximum Gasteiger partial charge on any atom is 0.199 e. The minimum atomic E-state index is -0.235. The molecule has 2 rings (SSSR count). The molecular weight excluding hydrogens is 214 g/mol. The standard InChI is InChI=1S/C14H19NO2/c1-3-14(9-10-16)11-7-5-6-8-12(11)15-13(14)17-4-2/h5-8,16H,3-4,9-10H2,1-2H3. The van der Waals surface area contributed by atoms with E-state index in [2.05, 4.69) is 18.0 Å². The zero-order valence-corrected chi connectivity index (χ0v) is 10.4. The van der Waals surface area contributed by atoms with Crippen molar-refractivity contribution in [3.63, 3.8) is 0 Å². The lowest BCUT2D eigenvalue weighted by atomic mass is 9.76. The third kappa shape index (κ3) is 1.84. The number of aliphatic hydroxyl groups is 1. The van der Waals surface area contributed by atoms with Crippen molar-refractivity contribution in [3.8, 4) is 0 Å². The predicted octanol–water partition coefficient (Wildman–Crippen LogP) is 2.80. The van der Waals surface area contributed by atoms with E-state index in [1.165, 1.54) is 5.56 Å². The highest BCUT2D eigenvalue weighted by Crippen LogP contribution is 2.44. The van der Waals surface area contributed by atoms with Gasteiger partial charge in [-0.1, -0.05) is 25.1 Å². The molecule has 0 radical (unpaired) electrons. The lowest BCUT2D eigenvalue weighted by Gasteiger charge is -2.29. The average molecular weight is 233 g/mol. The molecule has 3 nitrogen and oxygen atoms in total. The molecule has 1 heterocycles. The SMILES string of the molecule is CCOC1=Nc2ccccc2C1(CC)CCO. The van der Waals surface area contributed by atoms with Crippen LogP contribution in [-0.4, -0.2) is 24.2 Å². The summed E-state index contributed by atoms with van der Waals surface area (Å²) in [4.78, 5) is 4.57. The number of fused-ring (bicyclic) bond motifs is 1. The van der Waals surface area contributed by atoms with Gasteiger partial charge >= 0.3 is 0 Å². The zero-order chi connectivity index (χ0) is 12.3. The van der Waals surface area contributed by atoms with Gasteiger partial charge in [-0.15, -0.1) is 0 Å². The van der Waals surface area contributed by atoms with Crippen LogP contribution in [0.4, 0.5) is 5.69 Å². The molecule has 17 heavy (non-hydrogen) atoms. The van der Waals surface area contributed by atoms with Gasteiger partial charge in [-0.25, -0.2) is 4.99 Å². The smallest absolute Gasteiger partial charge is 0.199 e. The van der Waals surface area contributed by atoms with Crippen molar-refractivity contribution in [2.45, 2.75) is 32.1 Å². The minimum Gasteiger partial charge on any atom is -0.480 e. The summed E-state index contributed by atoms with van der Waals surface area (Å²) in [5.74, 6) is 0.762. The van der Waals surface area contributed by atoms with Crippen LogP contribution in [0.1, 0.15) is 32.3 Å². The predicted molar refractivity (Wildman–Crippen MR) is 68.8 cm³/mol. The summed E-state index contributed by atoms with van der Waals surface area (Å²) >= 11 is 0. The van der Waals surface area contributed by atoms with Gasteiger partial charge in [0.05, 0.1) is 17.7 Å². The van der Waals surface area contributed by atoms with Gasteiger partial charge in [0.25, 0.3) is 0 Å². The molecule has 1 aliphatic heterocycles. The number of rotatable bonds is 4. The molecule has 3 heteroatoms. The van der Waals surface area contributed by atoms with Crippen molar-refractivity contribution in [1.29, 1.82) is 0 Å². The molecule has 0 aliphatic carbocycles. The number of ether oxygens (including phenoxy) is 1. The van der Waals surface area contributed by atoms with Crippen LogP contribution in [0, 0.1) is 0 Å². The molecule has 92 valence electrons. The summed E-state index contributed by atoms with van der Waals surface area (Å²) in [5, 5.41) is 9.32. The Morgan fingerprint density at radius 1 is 1.29 bits per heavy atom. The van der Waals surface area contributed by atoms with Gasteiger partial charge in [-0.05, 0) is 31.4 Å². The molecule has 0 amide bonds. The van der Waals surface area contributed by atoms with Gasteiger partial charge in [-0.3, -0.25) is 0 Å². The Morgan fingerprint density at radius 3 is 2.71 bits per heavy atom. The van der Waals surface area contributed by atoms with Crippen LogP contribution in [-0.2, 0) is 10.2 Å². The highest BCUT2D eigenvalue weighted by Gasteiger charge is 2.43. The van der Waals surface area contributed by atoms with Crippen molar-refractivity contribution in [2.75, 3.05) is 13.2 Å². The maximum absolute atomic E-state index is 9.32. The Morgan fingerprint density at radius 2 is 2.06 bits per heavy atom. The molecule has 1 aromatic rings. The van der Waals surface area contributed by atoms with Crippen molar-refractivity contribution in [1.82, 2.24) is 0 Å². The van der Waals surface area contributed by atoms with E-state index in [1.54, 1.807) is 0 Å². The number of benzene rings is 1. The fraction of sp³-hybridized carbons (Fsp3) is 0.500. The Labute approximate surface area is 102 Å². The molecule has 0 spiro atoms. The number of hydrogen-bond acceptors (Lipinski definition) is 3. The van der Waals surface area contributed by atoms with E-state index in [-0.39, 0.29) is 12.0 Å². The highest BCUT2D eigenvalue weighted by molar-refractivity contribution is 5.96. The average Bonchev–Trinajstić information content (AvgIpc) is 2.65. The van der Waals surface area contributed by atoms with E-state index >= 15 is 0 Å². The Kier molecular flexibility index (Phi) is 3.48. The molecule has 0 fully saturated rings. The van der Waals surface area contributed by atoms with Gasteiger partial charge in [-0.2, -0.15) is 0 Å². The highest BCUT2D eigenvalue weighted by atomic mass is 16.5. The lowest BCUT2D eigenvalue weighted by Crippen LogP contribution is -2.35. The van der Waals surface area contributed by atoms with Crippen LogP contribution in [0.5, 0.6) is 0 Å². The first-order valence-electron chi connectivity index (χ1n) is 6.20. The summed E-state index contributed by atoms with van der Waals surface area (Å²) in [6.07, 6.45) is 1.56. The minimum absolute atomic E-state index is 0.147. The molecule has 1 aromatic carbocycles. The largest absolute Gasteiger partial charge is 0.480 e. The second kappa shape index (κ2) is 4.88. The Balaban J connectivity index is 2.48. The first-order chi connectivity index (χ1) is 8.28. The van der Waals surface area contributed by atoms with E-state index in [1.807, 2.05) is 25.1 Å². The summed E-state index contributed by atoms with van der Waals surface area (Å²) in [6, 6.07) is 8.09. The summed E-state index contributed by atoms with van der Waals surface area (Å²) in [5.41, 5.74) is 1.92. The van der Waals surface area contributed by atoms with E-state index in [0.717, 1.165) is 18.0 Å². The number of nitrogens with zero attached hydrogens (tertiary/aromatic N) is 1. The molecule has 1 unspecified atom stereocenters. The number of para-hydroxylation sites is 1. The molecule has 0 saturated heterocycles. The van der Waals surface area contributed by atoms with E-state index in [9.17, 15) is 5.11 Å². The van der Waals surface area contributed by atoms with E-state index in [0.29, 0.717) is 13.0 Å². The maximum atomic E-state index is 9.32. The van der Waals surface area contributed by atoms with Crippen LogP contribution in [0.25, 0.3) is 0 Å². The number of aliphatic hydroxyl groups excluding tert-OH is 1. The van der Waals surface area contributed by atoms with Gasteiger partial charge in [0.15, 0.2) is 5.90 Å². The summed E-state index contributed by atoms with van der Waals surface area (Å²) < 4.78 is 5.68. The monoisotopic (exact) mass is 233 g/mol. The summed E-state index contributed by atoms with van der Waals surface area (Å²) in [6.45, 7) is 4.84. The van der Waals surface area contributed by atoms with Crippen LogP contribution in [0.15, 0.2) is 29.3 Å². The van der Waals surface area contributed by atoms with Crippen LogP contribution < -0.4 is 0 Å². The topological polar surface area (TPSA) is 41.8 Å². The molecular formula is C14H19NO2. The number of hydrogen-bond donors (Lipinski definition) is 1. The lowest BCUT2D eigenvalue weighted by molar-refractivity contribution is 0.232. The van der Waals surface area contributed by atoms with Crippen molar-refractivity contribution < 1.29 is 9.84 Å². The summed E-state index contributed by atoms with van der Waals surface area (Å²) in [7, 11) is 0. The third-order valence-electron chi connectivity index (χ3n) is 3.47. The van der Waals surface area contributed by atoms with Gasteiger partial charge in [0.2, 0.25) is 0 Å². The number of aliphatic imine (C=N–C) groups is 1. The van der Waals surface area contributed by atoms with E-state index < -0.39 is 0 Å². The quantitative estimate of drug-likeness (QED) is 0.868. The molecule has 1 N–H and O–H groups in total. The molecule has 1 atom stereocenters. The molecule has 0 saturated carbocycles. The second-order valence-corrected chi connectivity index (χ2v) is 4.28. The van der Waals surface area contributed by atoms with Gasteiger partial charge < -0.3 is 9.84 Å². The van der Waals surface area contributed by atoms with Gasteiger partial charge in [0, 0.05) is 6.61 Å². The Hall–Kier alpha value is -1.35. The van der Waals surface area contributed by atoms with Crippen molar-refractivity contribution in [3.05, 3.63) is 29.8 Å². The van der Waals surface area contributed by atoms with Crippen LogP contribution >= 0.6 is 0 Å². The normalized spacial score (nSPS) is 22.2. The first kappa shape index (κ1) is 12.1. The van der Waals surface area contributed by atoms with Crippen LogP contribution in [0.3, 0.4) is 0 Å². The fourth-order valence-corrected chi connectivity index (χ4v) is 2.57. The third-order valence-corrected chi connectivity index (χ3v) is 3.47. The Bertz CT molecular complexity index is 428.